The lowest BCUT2D eigenvalue weighted by Gasteiger charge is -2.06. The number of rotatable bonds is 5. The Morgan fingerprint density at radius 1 is 0.727 bits per heavy atom. The van der Waals surface area contributed by atoms with Gasteiger partial charge < -0.3 is 5.73 Å². The quantitative estimate of drug-likeness (QED) is 0.528. The summed E-state index contributed by atoms with van der Waals surface area (Å²) in [5.74, 6) is 0. The summed E-state index contributed by atoms with van der Waals surface area (Å²) >= 11 is 1.65. The lowest BCUT2D eigenvalue weighted by atomic mass is 10.1. The first-order valence-electron chi connectivity index (χ1n) is 7.21. The highest BCUT2D eigenvalue weighted by Crippen LogP contribution is 2.24. The highest BCUT2D eigenvalue weighted by atomic mass is 32.2. The molecule has 0 spiro atoms. The molecule has 0 aromatic heterocycles. The third kappa shape index (κ3) is 3.91. The van der Waals surface area contributed by atoms with Gasteiger partial charge in [-0.05, 0) is 52.9 Å². The maximum absolute atomic E-state index is 5.72. The summed E-state index contributed by atoms with van der Waals surface area (Å²) in [7, 11) is 0. The average molecular weight is 306 g/mol. The zero-order valence-electron chi connectivity index (χ0n) is 12.2. The Balaban J connectivity index is 1.58. The van der Waals surface area contributed by atoms with Crippen molar-refractivity contribution in [2.75, 3.05) is 5.73 Å². The molecule has 3 aromatic rings. The number of anilines is 1. The molecule has 0 saturated heterocycles. The SMILES string of the molecule is Nc1ccc(-c2ccc(SNCc3ccccc3)cc2)cc1. The van der Waals surface area contributed by atoms with E-state index in [-0.39, 0.29) is 0 Å². The van der Waals surface area contributed by atoms with Gasteiger partial charge in [0.2, 0.25) is 0 Å². The summed E-state index contributed by atoms with van der Waals surface area (Å²) in [6, 6.07) is 26.9. The molecule has 3 N–H and O–H groups in total. The first-order valence-corrected chi connectivity index (χ1v) is 8.02. The maximum atomic E-state index is 5.72. The zero-order chi connectivity index (χ0) is 15.2. The molecule has 0 atom stereocenters. The molecule has 22 heavy (non-hydrogen) atoms. The summed E-state index contributed by atoms with van der Waals surface area (Å²) in [6.07, 6.45) is 0. The first-order chi connectivity index (χ1) is 10.8. The van der Waals surface area contributed by atoms with E-state index < -0.39 is 0 Å². The van der Waals surface area contributed by atoms with Gasteiger partial charge >= 0.3 is 0 Å². The lowest BCUT2D eigenvalue weighted by molar-refractivity contribution is 0.975. The molecule has 0 bridgehead atoms. The van der Waals surface area contributed by atoms with Crippen molar-refractivity contribution in [3.63, 3.8) is 0 Å². The number of nitrogen functional groups attached to an aromatic ring is 1. The van der Waals surface area contributed by atoms with Crippen molar-refractivity contribution in [1.82, 2.24) is 4.72 Å². The van der Waals surface area contributed by atoms with Gasteiger partial charge in [0.25, 0.3) is 0 Å². The Morgan fingerprint density at radius 2 is 1.32 bits per heavy atom. The van der Waals surface area contributed by atoms with E-state index in [4.69, 9.17) is 5.73 Å². The van der Waals surface area contributed by atoms with Crippen LogP contribution < -0.4 is 10.5 Å². The number of nitrogens with one attached hydrogen (secondary N) is 1. The summed E-state index contributed by atoms with van der Waals surface area (Å²) in [5.41, 5.74) is 10.2. The van der Waals surface area contributed by atoms with E-state index in [1.807, 2.05) is 30.3 Å². The first kappa shape index (κ1) is 14.7. The molecule has 3 rings (SSSR count). The highest BCUT2D eigenvalue weighted by Gasteiger charge is 1.99. The third-order valence-corrected chi connectivity index (χ3v) is 4.20. The van der Waals surface area contributed by atoms with Crippen LogP contribution in [0.4, 0.5) is 5.69 Å². The van der Waals surface area contributed by atoms with Crippen molar-refractivity contribution in [3.8, 4) is 11.1 Å². The van der Waals surface area contributed by atoms with Crippen LogP contribution in [0.3, 0.4) is 0 Å². The van der Waals surface area contributed by atoms with Crippen molar-refractivity contribution < 1.29 is 0 Å². The normalized spacial score (nSPS) is 10.5. The maximum Gasteiger partial charge on any atom is 0.0314 e. The van der Waals surface area contributed by atoms with Crippen LogP contribution in [0, 0.1) is 0 Å². The summed E-state index contributed by atoms with van der Waals surface area (Å²) in [4.78, 5) is 1.20. The molecular formula is C19H18N2S. The van der Waals surface area contributed by atoms with E-state index in [2.05, 4.69) is 53.3 Å². The van der Waals surface area contributed by atoms with Crippen LogP contribution in [0.15, 0.2) is 83.8 Å². The van der Waals surface area contributed by atoms with Gasteiger partial charge in [-0.2, -0.15) is 0 Å². The third-order valence-electron chi connectivity index (χ3n) is 3.41. The molecule has 0 aliphatic heterocycles. The van der Waals surface area contributed by atoms with E-state index in [1.54, 1.807) is 11.9 Å². The van der Waals surface area contributed by atoms with E-state index >= 15 is 0 Å². The number of benzene rings is 3. The molecule has 0 unspecified atom stereocenters. The minimum atomic E-state index is 0.793. The Hall–Kier alpha value is -2.23. The van der Waals surface area contributed by atoms with E-state index in [1.165, 1.54) is 21.6 Å². The predicted octanol–water partition coefficient (Wildman–Crippen LogP) is 4.73. The summed E-state index contributed by atoms with van der Waals surface area (Å²) in [6.45, 7) is 0.852. The van der Waals surface area contributed by atoms with Crippen molar-refractivity contribution >= 4 is 17.6 Å². The largest absolute Gasteiger partial charge is 0.399 e. The molecule has 3 aromatic carbocycles. The molecule has 0 heterocycles. The fourth-order valence-electron chi connectivity index (χ4n) is 2.19. The fourth-order valence-corrected chi connectivity index (χ4v) is 2.87. The summed E-state index contributed by atoms with van der Waals surface area (Å²) < 4.78 is 3.38. The van der Waals surface area contributed by atoms with Gasteiger partial charge in [0, 0.05) is 17.1 Å². The van der Waals surface area contributed by atoms with Crippen molar-refractivity contribution in [3.05, 3.63) is 84.4 Å². The standard InChI is InChI=1S/C19H18N2S/c20-18-10-6-16(7-11-18)17-8-12-19(13-9-17)22-21-14-15-4-2-1-3-5-15/h1-13,21H,14,20H2. The van der Waals surface area contributed by atoms with Gasteiger partial charge in [-0.15, -0.1) is 0 Å². The van der Waals surface area contributed by atoms with Crippen LogP contribution in [-0.4, -0.2) is 0 Å². The number of nitrogens with two attached hydrogens (primary N) is 1. The molecule has 110 valence electrons. The molecule has 0 aliphatic rings. The predicted molar refractivity (Wildman–Crippen MR) is 95.4 cm³/mol. The van der Waals surface area contributed by atoms with Crippen LogP contribution in [0.5, 0.6) is 0 Å². The second-order valence-electron chi connectivity index (χ2n) is 5.06. The molecule has 3 heteroatoms. The van der Waals surface area contributed by atoms with Crippen molar-refractivity contribution in [2.24, 2.45) is 0 Å². The average Bonchev–Trinajstić information content (AvgIpc) is 2.57. The molecule has 0 radical (unpaired) electrons. The second kappa shape index (κ2) is 7.16. The van der Waals surface area contributed by atoms with Crippen molar-refractivity contribution in [2.45, 2.75) is 11.4 Å². The minimum absolute atomic E-state index is 0.793. The van der Waals surface area contributed by atoms with Gasteiger partial charge in [-0.3, -0.25) is 4.72 Å². The van der Waals surface area contributed by atoms with Crippen LogP contribution >= 0.6 is 11.9 Å². The Bertz CT molecular complexity index is 707. The topological polar surface area (TPSA) is 38.0 Å². The molecular weight excluding hydrogens is 288 g/mol. The van der Waals surface area contributed by atoms with E-state index in [0.717, 1.165) is 12.2 Å². The lowest BCUT2D eigenvalue weighted by Crippen LogP contribution is -2.02. The Morgan fingerprint density at radius 3 is 1.95 bits per heavy atom. The highest BCUT2D eigenvalue weighted by molar-refractivity contribution is 7.97. The molecule has 0 amide bonds. The van der Waals surface area contributed by atoms with Crippen LogP contribution in [-0.2, 0) is 6.54 Å². The van der Waals surface area contributed by atoms with Crippen molar-refractivity contribution in [1.29, 1.82) is 0 Å². The summed E-state index contributed by atoms with van der Waals surface area (Å²) in [5, 5.41) is 0. The van der Waals surface area contributed by atoms with Crippen LogP contribution in [0.2, 0.25) is 0 Å². The molecule has 2 nitrogen and oxygen atoms in total. The Labute approximate surface area is 135 Å². The molecule has 0 aliphatic carbocycles. The smallest absolute Gasteiger partial charge is 0.0314 e. The van der Waals surface area contributed by atoms with E-state index in [0.29, 0.717) is 0 Å². The number of hydrogen-bond donors (Lipinski definition) is 2. The molecule has 0 saturated carbocycles. The monoisotopic (exact) mass is 306 g/mol. The van der Waals surface area contributed by atoms with Gasteiger partial charge in [0.1, 0.15) is 0 Å². The van der Waals surface area contributed by atoms with Gasteiger partial charge in [-0.25, -0.2) is 0 Å². The number of hydrogen-bond acceptors (Lipinski definition) is 3. The second-order valence-corrected chi connectivity index (χ2v) is 6.02. The minimum Gasteiger partial charge on any atom is -0.399 e. The Kier molecular flexibility index (Phi) is 4.78. The molecule has 0 fully saturated rings. The van der Waals surface area contributed by atoms with Gasteiger partial charge in [0.05, 0.1) is 0 Å². The fraction of sp³-hybridized carbons (Fsp3) is 0.0526. The van der Waals surface area contributed by atoms with Gasteiger partial charge in [0.15, 0.2) is 0 Å². The van der Waals surface area contributed by atoms with Crippen LogP contribution in [0.1, 0.15) is 5.56 Å². The van der Waals surface area contributed by atoms with Gasteiger partial charge in [-0.1, -0.05) is 54.6 Å². The van der Waals surface area contributed by atoms with Crippen LogP contribution in [0.25, 0.3) is 11.1 Å². The van der Waals surface area contributed by atoms with E-state index in [9.17, 15) is 0 Å². The zero-order valence-corrected chi connectivity index (χ0v) is 13.0.